The van der Waals surface area contributed by atoms with Gasteiger partial charge in [-0.05, 0) is 0 Å². The zero-order valence-corrected chi connectivity index (χ0v) is 7.54. The van der Waals surface area contributed by atoms with Crippen LogP contribution in [0.3, 0.4) is 0 Å². The molecule has 0 atom stereocenters. The standard InChI is InChI=1S/C6H8BrN3O/c7-3-5-8-9-6-4-11-2-1-10(5)6/h1-4H2. The highest BCUT2D eigenvalue weighted by molar-refractivity contribution is 9.08. The Labute approximate surface area is 72.7 Å². The highest BCUT2D eigenvalue weighted by Gasteiger charge is 2.14. The summed E-state index contributed by atoms with van der Waals surface area (Å²) in [7, 11) is 0. The molecule has 0 aromatic carbocycles. The summed E-state index contributed by atoms with van der Waals surface area (Å²) >= 11 is 3.35. The summed E-state index contributed by atoms with van der Waals surface area (Å²) in [6, 6.07) is 0. The average Bonchev–Trinajstić information content (AvgIpc) is 2.47. The number of ether oxygens (including phenoxy) is 1. The lowest BCUT2D eigenvalue weighted by Gasteiger charge is -2.14. The van der Waals surface area contributed by atoms with E-state index < -0.39 is 0 Å². The first-order valence-corrected chi connectivity index (χ1v) is 4.58. The minimum absolute atomic E-state index is 0.597. The minimum atomic E-state index is 0.597. The number of fused-ring (bicyclic) bond motifs is 1. The van der Waals surface area contributed by atoms with Crippen LogP contribution in [-0.2, 0) is 23.2 Å². The van der Waals surface area contributed by atoms with Crippen LogP contribution in [0.2, 0.25) is 0 Å². The van der Waals surface area contributed by atoms with E-state index in [2.05, 4.69) is 30.7 Å². The normalized spacial score (nSPS) is 16.5. The first-order chi connectivity index (χ1) is 5.42. The first kappa shape index (κ1) is 7.24. The van der Waals surface area contributed by atoms with Gasteiger partial charge in [-0.3, -0.25) is 0 Å². The molecule has 0 amide bonds. The fourth-order valence-corrected chi connectivity index (χ4v) is 1.57. The van der Waals surface area contributed by atoms with Gasteiger partial charge in [0.2, 0.25) is 0 Å². The quantitative estimate of drug-likeness (QED) is 0.651. The maximum absolute atomic E-state index is 5.22. The second-order valence-corrected chi connectivity index (χ2v) is 2.93. The Bertz CT molecular complexity index is 247. The van der Waals surface area contributed by atoms with Crippen LogP contribution in [0.4, 0.5) is 0 Å². The van der Waals surface area contributed by atoms with Crippen LogP contribution in [0.25, 0.3) is 0 Å². The molecule has 11 heavy (non-hydrogen) atoms. The predicted octanol–water partition coefficient (Wildman–Crippen LogP) is 0.703. The zero-order valence-electron chi connectivity index (χ0n) is 5.96. The van der Waals surface area contributed by atoms with Gasteiger partial charge in [-0.15, -0.1) is 10.2 Å². The van der Waals surface area contributed by atoms with Crippen molar-refractivity contribution in [3.05, 3.63) is 11.6 Å². The molecule has 1 aliphatic rings. The Kier molecular flexibility index (Phi) is 1.91. The molecule has 1 aliphatic heterocycles. The van der Waals surface area contributed by atoms with Gasteiger partial charge in [-0.2, -0.15) is 0 Å². The van der Waals surface area contributed by atoms with Crippen molar-refractivity contribution in [2.45, 2.75) is 18.5 Å². The zero-order chi connectivity index (χ0) is 7.68. The Morgan fingerprint density at radius 1 is 1.55 bits per heavy atom. The SMILES string of the molecule is BrCc1nnc2n1CCOC2. The third-order valence-electron chi connectivity index (χ3n) is 1.71. The van der Waals surface area contributed by atoms with Crippen LogP contribution < -0.4 is 0 Å². The van der Waals surface area contributed by atoms with Crippen molar-refractivity contribution in [1.29, 1.82) is 0 Å². The van der Waals surface area contributed by atoms with Crippen molar-refractivity contribution in [1.82, 2.24) is 14.8 Å². The van der Waals surface area contributed by atoms with E-state index in [1.807, 2.05) is 0 Å². The molecule has 1 aromatic rings. The number of nitrogens with zero attached hydrogens (tertiary/aromatic N) is 3. The van der Waals surface area contributed by atoms with Crippen molar-refractivity contribution >= 4 is 15.9 Å². The average molecular weight is 218 g/mol. The molecule has 0 bridgehead atoms. The third kappa shape index (κ3) is 1.18. The molecular weight excluding hydrogens is 210 g/mol. The van der Waals surface area contributed by atoms with Gasteiger partial charge in [0.1, 0.15) is 12.4 Å². The topological polar surface area (TPSA) is 39.9 Å². The fraction of sp³-hybridized carbons (Fsp3) is 0.667. The van der Waals surface area contributed by atoms with E-state index in [9.17, 15) is 0 Å². The van der Waals surface area contributed by atoms with Gasteiger partial charge in [0.05, 0.1) is 11.9 Å². The second-order valence-electron chi connectivity index (χ2n) is 2.37. The Balaban J connectivity index is 2.38. The van der Waals surface area contributed by atoms with E-state index >= 15 is 0 Å². The van der Waals surface area contributed by atoms with Gasteiger partial charge >= 0.3 is 0 Å². The van der Waals surface area contributed by atoms with Gasteiger partial charge < -0.3 is 9.30 Å². The van der Waals surface area contributed by atoms with Gasteiger partial charge in [0, 0.05) is 6.54 Å². The van der Waals surface area contributed by atoms with E-state index in [1.54, 1.807) is 0 Å². The molecule has 0 fully saturated rings. The molecule has 0 radical (unpaired) electrons. The van der Waals surface area contributed by atoms with Crippen LogP contribution in [-0.4, -0.2) is 21.4 Å². The smallest absolute Gasteiger partial charge is 0.159 e. The lowest BCUT2D eigenvalue weighted by Crippen LogP contribution is -2.18. The van der Waals surface area contributed by atoms with Crippen molar-refractivity contribution < 1.29 is 4.74 Å². The van der Waals surface area contributed by atoms with Crippen molar-refractivity contribution in [3.8, 4) is 0 Å². The number of rotatable bonds is 1. The second kappa shape index (κ2) is 2.91. The largest absolute Gasteiger partial charge is 0.372 e. The van der Waals surface area contributed by atoms with Gasteiger partial charge in [0.15, 0.2) is 5.82 Å². The fourth-order valence-electron chi connectivity index (χ4n) is 1.16. The van der Waals surface area contributed by atoms with E-state index in [1.165, 1.54) is 0 Å². The lowest BCUT2D eigenvalue weighted by molar-refractivity contribution is 0.0808. The summed E-state index contributed by atoms with van der Waals surface area (Å²) in [6.07, 6.45) is 0. The number of hydrogen-bond donors (Lipinski definition) is 0. The summed E-state index contributed by atoms with van der Waals surface area (Å²) in [6.45, 7) is 2.24. The van der Waals surface area contributed by atoms with Crippen LogP contribution in [0.1, 0.15) is 11.6 Å². The van der Waals surface area contributed by atoms with Crippen molar-refractivity contribution in [2.24, 2.45) is 0 Å². The molecule has 5 heteroatoms. The first-order valence-electron chi connectivity index (χ1n) is 3.46. The van der Waals surface area contributed by atoms with Crippen LogP contribution in [0, 0.1) is 0 Å². The molecule has 0 spiro atoms. The molecule has 0 aliphatic carbocycles. The molecule has 60 valence electrons. The predicted molar refractivity (Wildman–Crippen MR) is 42.3 cm³/mol. The van der Waals surface area contributed by atoms with E-state index in [4.69, 9.17) is 4.74 Å². The molecule has 2 rings (SSSR count). The maximum Gasteiger partial charge on any atom is 0.159 e. The monoisotopic (exact) mass is 217 g/mol. The van der Waals surface area contributed by atoms with Gasteiger partial charge in [-0.25, -0.2) is 0 Å². The number of halogens is 1. The minimum Gasteiger partial charge on any atom is -0.372 e. The van der Waals surface area contributed by atoms with Crippen molar-refractivity contribution in [2.75, 3.05) is 6.61 Å². The lowest BCUT2D eigenvalue weighted by atomic mass is 10.5. The molecule has 0 unspecified atom stereocenters. The van der Waals surface area contributed by atoms with E-state index in [-0.39, 0.29) is 0 Å². The van der Waals surface area contributed by atoms with Crippen LogP contribution >= 0.6 is 15.9 Å². The van der Waals surface area contributed by atoms with Gasteiger partial charge in [0.25, 0.3) is 0 Å². The molecule has 0 N–H and O–H groups in total. The molecule has 4 nitrogen and oxygen atoms in total. The van der Waals surface area contributed by atoms with E-state index in [0.29, 0.717) is 6.61 Å². The third-order valence-corrected chi connectivity index (χ3v) is 2.22. The molecule has 2 heterocycles. The summed E-state index contributed by atoms with van der Waals surface area (Å²) in [5, 5.41) is 8.75. The summed E-state index contributed by atoms with van der Waals surface area (Å²) < 4.78 is 7.31. The van der Waals surface area contributed by atoms with E-state index in [0.717, 1.165) is 30.1 Å². The highest BCUT2D eigenvalue weighted by atomic mass is 79.9. The number of aromatic nitrogens is 3. The van der Waals surface area contributed by atoms with Crippen LogP contribution in [0.5, 0.6) is 0 Å². The Hall–Kier alpha value is -0.420. The summed E-state index contributed by atoms with van der Waals surface area (Å²) in [5.41, 5.74) is 0. The molecular formula is C6H8BrN3O. The molecule has 1 aromatic heterocycles. The Morgan fingerprint density at radius 3 is 3.27 bits per heavy atom. The van der Waals surface area contributed by atoms with Gasteiger partial charge in [-0.1, -0.05) is 15.9 Å². The Morgan fingerprint density at radius 2 is 2.45 bits per heavy atom. The van der Waals surface area contributed by atoms with Crippen LogP contribution in [0.15, 0.2) is 0 Å². The summed E-state index contributed by atoms with van der Waals surface area (Å²) in [4.78, 5) is 0. The highest BCUT2D eigenvalue weighted by Crippen LogP contribution is 2.10. The molecule has 0 saturated carbocycles. The number of alkyl halides is 1. The maximum atomic E-state index is 5.22. The summed E-state index contributed by atoms with van der Waals surface area (Å²) in [5.74, 6) is 1.93. The van der Waals surface area contributed by atoms with Crippen molar-refractivity contribution in [3.63, 3.8) is 0 Å². The number of hydrogen-bond acceptors (Lipinski definition) is 3. The molecule has 0 saturated heterocycles.